The summed E-state index contributed by atoms with van der Waals surface area (Å²) in [6.07, 6.45) is 1.73. The molecule has 0 unspecified atom stereocenters. The quantitative estimate of drug-likeness (QED) is 0.699. The summed E-state index contributed by atoms with van der Waals surface area (Å²) in [4.78, 5) is 8.18. The third-order valence-corrected chi connectivity index (χ3v) is 1.63. The second-order valence-corrected chi connectivity index (χ2v) is 2.71. The van der Waals surface area contributed by atoms with E-state index in [-0.39, 0.29) is 0 Å². The lowest BCUT2D eigenvalue weighted by Gasteiger charge is -2.09. The molecule has 0 bridgehead atoms. The summed E-state index contributed by atoms with van der Waals surface area (Å²) in [6, 6.07) is 0. The second kappa shape index (κ2) is 4.45. The van der Waals surface area contributed by atoms with Crippen LogP contribution >= 0.6 is 0 Å². The van der Waals surface area contributed by atoms with E-state index in [1.54, 1.807) is 13.0 Å². The van der Waals surface area contributed by atoms with Crippen molar-refractivity contribution in [2.24, 2.45) is 0 Å². The summed E-state index contributed by atoms with van der Waals surface area (Å²) < 4.78 is 5.00. The molecule has 1 heterocycles. The highest BCUT2D eigenvalue weighted by Crippen LogP contribution is 2.24. The number of nitrogens with one attached hydrogen (secondary N) is 1. The molecule has 5 nitrogen and oxygen atoms in total. The Hall–Kier alpha value is -1.78. The van der Waals surface area contributed by atoms with E-state index in [9.17, 15) is 0 Å². The Kier molecular flexibility index (Phi) is 3.28. The molecule has 0 fully saturated rings. The van der Waals surface area contributed by atoms with Crippen molar-refractivity contribution in [1.29, 1.82) is 0 Å². The first kappa shape index (κ1) is 10.3. The van der Waals surface area contributed by atoms with Gasteiger partial charge in [-0.25, -0.2) is 4.98 Å². The average molecular weight is 194 g/mol. The molecule has 0 spiro atoms. The smallest absolute Gasteiger partial charge is 0.242 e. The number of aryl methyl sites for hydroxylation is 1. The summed E-state index contributed by atoms with van der Waals surface area (Å²) in [7, 11) is 1.52. The van der Waals surface area contributed by atoms with Gasteiger partial charge in [-0.3, -0.25) is 0 Å². The number of hydrogen-bond acceptors (Lipinski definition) is 5. The van der Waals surface area contributed by atoms with Crippen LogP contribution in [-0.4, -0.2) is 23.6 Å². The van der Waals surface area contributed by atoms with Crippen LogP contribution in [0.15, 0.2) is 12.7 Å². The number of rotatable bonds is 4. The zero-order chi connectivity index (χ0) is 10.6. The molecule has 5 heteroatoms. The normalized spacial score (nSPS) is 9.57. The van der Waals surface area contributed by atoms with E-state index in [0.29, 0.717) is 29.8 Å². The van der Waals surface area contributed by atoms with Crippen LogP contribution in [0.4, 0.5) is 11.5 Å². The number of anilines is 2. The van der Waals surface area contributed by atoms with Crippen molar-refractivity contribution in [3.05, 3.63) is 18.5 Å². The van der Waals surface area contributed by atoms with Crippen molar-refractivity contribution in [3.63, 3.8) is 0 Å². The van der Waals surface area contributed by atoms with Crippen molar-refractivity contribution in [2.75, 3.05) is 24.7 Å². The van der Waals surface area contributed by atoms with E-state index in [1.807, 2.05) is 0 Å². The van der Waals surface area contributed by atoms with E-state index in [2.05, 4.69) is 21.9 Å². The number of hydrogen-bond donors (Lipinski definition) is 2. The second-order valence-electron chi connectivity index (χ2n) is 2.71. The lowest BCUT2D eigenvalue weighted by molar-refractivity contribution is 0.398. The lowest BCUT2D eigenvalue weighted by Crippen LogP contribution is -2.08. The first-order valence-corrected chi connectivity index (χ1v) is 4.22. The fourth-order valence-corrected chi connectivity index (χ4v) is 1.01. The van der Waals surface area contributed by atoms with E-state index < -0.39 is 0 Å². The Morgan fingerprint density at radius 1 is 1.57 bits per heavy atom. The number of methoxy groups -OCH3 is 1. The van der Waals surface area contributed by atoms with Gasteiger partial charge in [0.1, 0.15) is 11.5 Å². The SMILES string of the molecule is C=CCNc1nc(C)nc(OC)c1N. The Morgan fingerprint density at radius 2 is 2.29 bits per heavy atom. The highest BCUT2D eigenvalue weighted by molar-refractivity contribution is 5.66. The fourth-order valence-electron chi connectivity index (χ4n) is 1.01. The van der Waals surface area contributed by atoms with E-state index in [1.165, 1.54) is 7.11 Å². The molecule has 0 aliphatic heterocycles. The zero-order valence-corrected chi connectivity index (χ0v) is 8.37. The van der Waals surface area contributed by atoms with E-state index >= 15 is 0 Å². The number of aromatic nitrogens is 2. The summed E-state index contributed by atoms with van der Waals surface area (Å²) >= 11 is 0. The number of ether oxygens (including phenoxy) is 1. The topological polar surface area (TPSA) is 73.1 Å². The Labute approximate surface area is 83.0 Å². The molecule has 0 aliphatic rings. The minimum absolute atomic E-state index is 0.393. The third-order valence-electron chi connectivity index (χ3n) is 1.63. The van der Waals surface area contributed by atoms with Crippen molar-refractivity contribution < 1.29 is 4.74 Å². The van der Waals surface area contributed by atoms with Crippen molar-refractivity contribution in [3.8, 4) is 5.88 Å². The first-order chi connectivity index (χ1) is 6.69. The fraction of sp³-hybridized carbons (Fsp3) is 0.333. The largest absolute Gasteiger partial charge is 0.479 e. The summed E-state index contributed by atoms with van der Waals surface area (Å²) in [5, 5.41) is 3.00. The van der Waals surface area contributed by atoms with Gasteiger partial charge in [0.2, 0.25) is 5.88 Å². The number of nitrogens with two attached hydrogens (primary N) is 1. The third kappa shape index (κ3) is 2.12. The Morgan fingerprint density at radius 3 is 2.86 bits per heavy atom. The minimum atomic E-state index is 0.393. The molecule has 3 N–H and O–H groups in total. The monoisotopic (exact) mass is 194 g/mol. The van der Waals surface area contributed by atoms with Crippen LogP contribution in [0.1, 0.15) is 5.82 Å². The van der Waals surface area contributed by atoms with Crippen LogP contribution in [0.3, 0.4) is 0 Å². The molecule has 0 saturated heterocycles. The summed E-state index contributed by atoms with van der Waals surface area (Å²) in [5.41, 5.74) is 6.17. The molecule has 0 aliphatic carbocycles. The predicted molar refractivity (Wildman–Crippen MR) is 56.4 cm³/mol. The maximum atomic E-state index is 5.76. The molecular weight excluding hydrogens is 180 g/mol. The van der Waals surface area contributed by atoms with E-state index in [0.717, 1.165) is 0 Å². The van der Waals surface area contributed by atoms with Crippen LogP contribution in [0, 0.1) is 6.92 Å². The lowest BCUT2D eigenvalue weighted by atomic mass is 10.4. The van der Waals surface area contributed by atoms with Gasteiger partial charge in [0.05, 0.1) is 7.11 Å². The van der Waals surface area contributed by atoms with Crippen LogP contribution < -0.4 is 15.8 Å². The molecular formula is C9H14N4O. The van der Waals surface area contributed by atoms with Gasteiger partial charge in [-0.1, -0.05) is 6.08 Å². The average Bonchev–Trinajstić information content (AvgIpc) is 2.18. The number of nitrogens with zero attached hydrogens (tertiary/aromatic N) is 2. The molecule has 0 atom stereocenters. The molecule has 0 saturated carbocycles. The molecule has 76 valence electrons. The van der Waals surface area contributed by atoms with Crippen molar-refractivity contribution >= 4 is 11.5 Å². The van der Waals surface area contributed by atoms with Crippen LogP contribution in [0.25, 0.3) is 0 Å². The van der Waals surface area contributed by atoms with Crippen molar-refractivity contribution in [1.82, 2.24) is 9.97 Å². The van der Waals surface area contributed by atoms with Gasteiger partial charge in [-0.2, -0.15) is 4.98 Å². The van der Waals surface area contributed by atoms with Crippen molar-refractivity contribution in [2.45, 2.75) is 6.92 Å². The van der Waals surface area contributed by atoms with Crippen LogP contribution in [0.5, 0.6) is 5.88 Å². The minimum Gasteiger partial charge on any atom is -0.479 e. The number of nitrogen functional groups attached to an aromatic ring is 1. The molecule has 0 amide bonds. The van der Waals surface area contributed by atoms with Gasteiger partial charge in [0.15, 0.2) is 5.82 Å². The maximum absolute atomic E-state index is 5.76. The van der Waals surface area contributed by atoms with Gasteiger partial charge in [-0.05, 0) is 6.92 Å². The summed E-state index contributed by atoms with van der Waals surface area (Å²) in [5.74, 6) is 1.58. The Bertz CT molecular complexity index is 338. The summed E-state index contributed by atoms with van der Waals surface area (Å²) in [6.45, 7) is 5.97. The predicted octanol–water partition coefficient (Wildman–Crippen LogP) is 0.974. The highest BCUT2D eigenvalue weighted by Gasteiger charge is 2.08. The van der Waals surface area contributed by atoms with Gasteiger partial charge < -0.3 is 15.8 Å². The van der Waals surface area contributed by atoms with Gasteiger partial charge in [0.25, 0.3) is 0 Å². The van der Waals surface area contributed by atoms with Crippen LogP contribution in [-0.2, 0) is 0 Å². The first-order valence-electron chi connectivity index (χ1n) is 4.22. The zero-order valence-electron chi connectivity index (χ0n) is 8.37. The van der Waals surface area contributed by atoms with Gasteiger partial charge in [0, 0.05) is 6.54 Å². The Balaban J connectivity index is 3.02. The maximum Gasteiger partial charge on any atom is 0.242 e. The molecule has 1 rings (SSSR count). The van der Waals surface area contributed by atoms with Crippen LogP contribution in [0.2, 0.25) is 0 Å². The highest BCUT2D eigenvalue weighted by atomic mass is 16.5. The van der Waals surface area contributed by atoms with E-state index in [4.69, 9.17) is 10.5 Å². The van der Waals surface area contributed by atoms with Gasteiger partial charge in [-0.15, -0.1) is 6.58 Å². The molecule has 0 aromatic carbocycles. The van der Waals surface area contributed by atoms with Gasteiger partial charge >= 0.3 is 0 Å². The molecule has 1 aromatic heterocycles. The molecule has 0 radical (unpaired) electrons. The standard InChI is InChI=1S/C9H14N4O/c1-4-5-11-8-7(10)9(14-3)13-6(2)12-8/h4H,1,5,10H2,2-3H3,(H,11,12,13). The molecule has 14 heavy (non-hydrogen) atoms. The molecule has 1 aromatic rings.